The summed E-state index contributed by atoms with van der Waals surface area (Å²) in [4.78, 5) is 18.7. The summed E-state index contributed by atoms with van der Waals surface area (Å²) in [6.07, 6.45) is 4.52. The standard InChI is InChI=1S/C14H17N3O2S/c1-14(2,13-15-7-8-16-13)6-9-20-12-5-3-4-11(10-12)17(18)19/h3-5,7-8,10H,6,9H2,1-2H3,(H,15,16). The van der Waals surface area contributed by atoms with Gasteiger partial charge in [0.15, 0.2) is 0 Å². The molecule has 106 valence electrons. The van der Waals surface area contributed by atoms with Crippen molar-refractivity contribution in [3.8, 4) is 0 Å². The van der Waals surface area contributed by atoms with Crippen LogP contribution in [-0.4, -0.2) is 20.6 Å². The van der Waals surface area contributed by atoms with Crippen LogP contribution in [0.25, 0.3) is 0 Å². The highest BCUT2D eigenvalue weighted by Crippen LogP contribution is 2.29. The van der Waals surface area contributed by atoms with Gasteiger partial charge in [0.05, 0.1) is 4.92 Å². The van der Waals surface area contributed by atoms with E-state index in [1.54, 1.807) is 30.1 Å². The zero-order valence-electron chi connectivity index (χ0n) is 11.5. The Morgan fingerprint density at radius 1 is 1.45 bits per heavy atom. The van der Waals surface area contributed by atoms with Crippen LogP contribution >= 0.6 is 11.8 Å². The molecule has 6 heteroatoms. The molecule has 1 aromatic heterocycles. The van der Waals surface area contributed by atoms with E-state index in [0.29, 0.717) is 0 Å². The molecule has 0 aliphatic rings. The van der Waals surface area contributed by atoms with Gasteiger partial charge in [0, 0.05) is 34.8 Å². The quantitative estimate of drug-likeness (QED) is 0.499. The largest absolute Gasteiger partial charge is 0.348 e. The predicted molar refractivity (Wildman–Crippen MR) is 80.1 cm³/mol. The molecule has 2 aromatic rings. The molecule has 20 heavy (non-hydrogen) atoms. The van der Waals surface area contributed by atoms with E-state index in [2.05, 4.69) is 23.8 Å². The van der Waals surface area contributed by atoms with Gasteiger partial charge in [-0.1, -0.05) is 19.9 Å². The molecular formula is C14H17N3O2S. The Morgan fingerprint density at radius 3 is 2.90 bits per heavy atom. The molecule has 0 saturated heterocycles. The molecule has 1 N–H and O–H groups in total. The molecular weight excluding hydrogens is 274 g/mol. The molecule has 0 spiro atoms. The van der Waals surface area contributed by atoms with Crippen molar-refractivity contribution in [2.75, 3.05) is 5.75 Å². The Bertz CT molecular complexity index is 582. The number of nitrogens with zero attached hydrogens (tertiary/aromatic N) is 2. The van der Waals surface area contributed by atoms with E-state index in [9.17, 15) is 10.1 Å². The van der Waals surface area contributed by atoms with Gasteiger partial charge >= 0.3 is 0 Å². The SMILES string of the molecule is CC(C)(CCSc1cccc([N+](=O)[O-])c1)c1ncc[nH]1. The molecule has 0 bridgehead atoms. The Kier molecular flexibility index (Phi) is 4.44. The zero-order valence-corrected chi connectivity index (χ0v) is 12.3. The first-order valence-corrected chi connectivity index (χ1v) is 7.35. The number of benzene rings is 1. The van der Waals surface area contributed by atoms with Crippen molar-refractivity contribution in [3.05, 3.63) is 52.6 Å². The monoisotopic (exact) mass is 291 g/mol. The molecule has 0 saturated carbocycles. The summed E-state index contributed by atoms with van der Waals surface area (Å²) < 4.78 is 0. The summed E-state index contributed by atoms with van der Waals surface area (Å²) in [5.41, 5.74) is 0.109. The lowest BCUT2D eigenvalue weighted by Gasteiger charge is -2.21. The highest BCUT2D eigenvalue weighted by Gasteiger charge is 2.22. The fourth-order valence-electron chi connectivity index (χ4n) is 1.86. The van der Waals surface area contributed by atoms with E-state index in [0.717, 1.165) is 22.9 Å². The summed E-state index contributed by atoms with van der Waals surface area (Å²) in [7, 11) is 0. The van der Waals surface area contributed by atoms with Crippen LogP contribution in [0.5, 0.6) is 0 Å². The smallest absolute Gasteiger partial charge is 0.270 e. The van der Waals surface area contributed by atoms with Crippen LogP contribution in [0.4, 0.5) is 5.69 Å². The Morgan fingerprint density at radius 2 is 2.25 bits per heavy atom. The number of H-pyrrole nitrogens is 1. The van der Waals surface area contributed by atoms with Crippen LogP contribution in [0.15, 0.2) is 41.6 Å². The topological polar surface area (TPSA) is 71.8 Å². The lowest BCUT2D eigenvalue weighted by Crippen LogP contribution is -2.19. The molecule has 0 unspecified atom stereocenters. The van der Waals surface area contributed by atoms with Crippen LogP contribution in [0.1, 0.15) is 26.1 Å². The van der Waals surface area contributed by atoms with Crippen molar-refractivity contribution in [2.45, 2.75) is 30.6 Å². The van der Waals surface area contributed by atoms with Crippen LogP contribution < -0.4 is 0 Å². The fraction of sp³-hybridized carbons (Fsp3) is 0.357. The third kappa shape index (κ3) is 3.60. The van der Waals surface area contributed by atoms with Crippen LogP contribution in [-0.2, 0) is 5.41 Å². The molecule has 0 atom stereocenters. The minimum Gasteiger partial charge on any atom is -0.348 e. The average Bonchev–Trinajstić information content (AvgIpc) is 2.93. The molecule has 0 aliphatic carbocycles. The molecule has 1 heterocycles. The highest BCUT2D eigenvalue weighted by molar-refractivity contribution is 7.99. The lowest BCUT2D eigenvalue weighted by molar-refractivity contribution is -0.385. The molecule has 0 amide bonds. The van der Waals surface area contributed by atoms with E-state index >= 15 is 0 Å². The van der Waals surface area contributed by atoms with Crippen LogP contribution in [0.2, 0.25) is 0 Å². The number of non-ortho nitro benzene ring substituents is 1. The van der Waals surface area contributed by atoms with Crippen molar-refractivity contribution in [2.24, 2.45) is 0 Å². The second kappa shape index (κ2) is 6.09. The van der Waals surface area contributed by atoms with E-state index in [1.165, 1.54) is 6.07 Å². The normalized spacial score (nSPS) is 11.5. The molecule has 0 aliphatic heterocycles. The lowest BCUT2D eigenvalue weighted by atomic mass is 9.89. The maximum absolute atomic E-state index is 10.7. The number of aromatic nitrogens is 2. The molecule has 5 nitrogen and oxygen atoms in total. The Hall–Kier alpha value is -1.82. The highest BCUT2D eigenvalue weighted by atomic mass is 32.2. The number of thioether (sulfide) groups is 1. The maximum atomic E-state index is 10.7. The van der Waals surface area contributed by atoms with Gasteiger partial charge in [-0.15, -0.1) is 11.8 Å². The number of nitro groups is 1. The van der Waals surface area contributed by atoms with Crippen molar-refractivity contribution in [3.63, 3.8) is 0 Å². The van der Waals surface area contributed by atoms with E-state index in [-0.39, 0.29) is 16.0 Å². The third-order valence-electron chi connectivity index (χ3n) is 3.16. The zero-order chi connectivity index (χ0) is 14.6. The van der Waals surface area contributed by atoms with Crippen LogP contribution in [0, 0.1) is 10.1 Å². The number of nitrogens with one attached hydrogen (secondary N) is 1. The molecule has 1 aromatic carbocycles. The first-order chi connectivity index (χ1) is 9.49. The van der Waals surface area contributed by atoms with E-state index < -0.39 is 0 Å². The summed E-state index contributed by atoms with van der Waals surface area (Å²) in [5, 5.41) is 10.7. The first-order valence-electron chi connectivity index (χ1n) is 6.36. The summed E-state index contributed by atoms with van der Waals surface area (Å²) in [6.45, 7) is 4.28. The average molecular weight is 291 g/mol. The minimum atomic E-state index is -0.364. The van der Waals surface area contributed by atoms with Gasteiger partial charge in [0.1, 0.15) is 5.82 Å². The number of rotatable bonds is 6. The molecule has 2 rings (SSSR count). The van der Waals surface area contributed by atoms with Gasteiger partial charge in [-0.2, -0.15) is 0 Å². The van der Waals surface area contributed by atoms with E-state index in [1.807, 2.05) is 12.3 Å². The number of nitro benzene ring substituents is 1. The number of aromatic amines is 1. The minimum absolute atomic E-state index is 0.0305. The van der Waals surface area contributed by atoms with Crippen molar-refractivity contribution in [1.29, 1.82) is 0 Å². The number of hydrogen-bond acceptors (Lipinski definition) is 4. The van der Waals surface area contributed by atoms with Crippen molar-refractivity contribution >= 4 is 17.4 Å². The fourth-order valence-corrected chi connectivity index (χ4v) is 3.09. The second-order valence-corrected chi connectivity index (χ2v) is 6.34. The van der Waals surface area contributed by atoms with Crippen LogP contribution in [0.3, 0.4) is 0 Å². The van der Waals surface area contributed by atoms with Gasteiger partial charge in [0.2, 0.25) is 0 Å². The second-order valence-electron chi connectivity index (χ2n) is 5.17. The molecule has 0 fully saturated rings. The predicted octanol–water partition coefficient (Wildman–Crippen LogP) is 3.78. The van der Waals surface area contributed by atoms with Crippen molar-refractivity contribution in [1.82, 2.24) is 9.97 Å². The van der Waals surface area contributed by atoms with Gasteiger partial charge in [-0.05, 0) is 18.2 Å². The van der Waals surface area contributed by atoms with Crippen molar-refractivity contribution < 1.29 is 4.92 Å². The van der Waals surface area contributed by atoms with E-state index in [4.69, 9.17) is 0 Å². The Labute approximate surface area is 122 Å². The van der Waals surface area contributed by atoms with Gasteiger partial charge in [0.25, 0.3) is 5.69 Å². The number of imidazole rings is 1. The van der Waals surface area contributed by atoms with Gasteiger partial charge in [-0.25, -0.2) is 4.98 Å². The summed E-state index contributed by atoms with van der Waals surface area (Å²) in [6, 6.07) is 6.75. The van der Waals surface area contributed by atoms with Gasteiger partial charge < -0.3 is 4.98 Å². The van der Waals surface area contributed by atoms with Gasteiger partial charge in [-0.3, -0.25) is 10.1 Å². The Balaban J connectivity index is 1.93. The maximum Gasteiger partial charge on any atom is 0.270 e. The third-order valence-corrected chi connectivity index (χ3v) is 4.16. The summed E-state index contributed by atoms with van der Waals surface area (Å²) in [5.74, 6) is 1.85. The summed E-state index contributed by atoms with van der Waals surface area (Å²) >= 11 is 1.63. The molecule has 0 radical (unpaired) electrons. The number of hydrogen-bond donors (Lipinski definition) is 1. The first kappa shape index (κ1) is 14.6.